The van der Waals surface area contributed by atoms with Gasteiger partial charge in [0.15, 0.2) is 0 Å². The smallest absolute Gasteiger partial charge is 0.308 e. The average Bonchev–Trinajstić information content (AvgIpc) is 2.89. The summed E-state index contributed by atoms with van der Waals surface area (Å²) in [6.45, 7) is 2.46. The molecule has 0 amide bonds. The summed E-state index contributed by atoms with van der Waals surface area (Å²) in [5.41, 5.74) is 1.06. The van der Waals surface area contributed by atoms with Gasteiger partial charge in [-0.25, -0.2) is 0 Å². The zero-order valence-electron chi connectivity index (χ0n) is 13.1. The molecule has 0 radical (unpaired) electrons. The molecule has 0 saturated heterocycles. The standard InChI is InChI=1S/C16H12O3S.C2H4O2/c1-10(17)19-14-6-3-11(4-7-14)15-8-12-2-5-13(18)9-16(12)20-15;1-2(3)4/h2-9,18H,1H3;1H3,(H,3,4). The number of carboxylic acid groups (broad SMARTS) is 1. The summed E-state index contributed by atoms with van der Waals surface area (Å²) in [6.07, 6.45) is 0. The Balaban J connectivity index is 0.000000471. The number of carbonyl (C=O) groups excluding carboxylic acids is 1. The molecular weight excluding hydrogens is 328 g/mol. The highest BCUT2D eigenvalue weighted by atomic mass is 32.1. The highest BCUT2D eigenvalue weighted by Gasteiger charge is 2.06. The van der Waals surface area contributed by atoms with E-state index in [1.807, 2.05) is 18.2 Å². The van der Waals surface area contributed by atoms with Gasteiger partial charge in [-0.05, 0) is 59.5 Å². The highest BCUT2D eigenvalue weighted by Crippen LogP contribution is 2.35. The molecule has 0 fully saturated rings. The molecule has 6 heteroatoms. The van der Waals surface area contributed by atoms with Crippen LogP contribution >= 0.6 is 11.3 Å². The van der Waals surface area contributed by atoms with Crippen molar-refractivity contribution in [3.05, 3.63) is 48.5 Å². The van der Waals surface area contributed by atoms with Crippen molar-refractivity contribution in [1.82, 2.24) is 0 Å². The van der Waals surface area contributed by atoms with Gasteiger partial charge in [-0.15, -0.1) is 11.3 Å². The Labute approximate surface area is 142 Å². The van der Waals surface area contributed by atoms with Gasteiger partial charge in [0.2, 0.25) is 0 Å². The second kappa shape index (κ2) is 7.61. The molecule has 3 aromatic rings. The number of hydrogen-bond acceptors (Lipinski definition) is 5. The van der Waals surface area contributed by atoms with E-state index in [1.165, 1.54) is 6.92 Å². The van der Waals surface area contributed by atoms with Crippen LogP contribution < -0.4 is 4.74 Å². The van der Waals surface area contributed by atoms with E-state index in [-0.39, 0.29) is 11.7 Å². The van der Waals surface area contributed by atoms with Gasteiger partial charge in [0.1, 0.15) is 11.5 Å². The molecule has 1 heterocycles. The van der Waals surface area contributed by atoms with Crippen LogP contribution in [0.25, 0.3) is 20.5 Å². The lowest BCUT2D eigenvalue weighted by Gasteiger charge is -2.02. The zero-order chi connectivity index (χ0) is 17.7. The van der Waals surface area contributed by atoms with E-state index >= 15 is 0 Å². The summed E-state index contributed by atoms with van der Waals surface area (Å²) in [4.78, 5) is 21.0. The third-order valence-corrected chi connectivity index (χ3v) is 4.05. The number of benzene rings is 2. The molecule has 0 spiro atoms. The molecule has 0 aliphatic rings. The maximum atomic E-state index is 10.9. The number of aliphatic carboxylic acids is 1. The molecule has 0 atom stereocenters. The summed E-state index contributed by atoms with van der Waals surface area (Å²) in [5.74, 6) is -0.341. The van der Waals surface area contributed by atoms with Crippen LogP contribution in [0.4, 0.5) is 0 Å². The summed E-state index contributed by atoms with van der Waals surface area (Å²) >= 11 is 1.62. The Bertz CT molecular complexity index is 861. The van der Waals surface area contributed by atoms with Crippen molar-refractivity contribution in [3.8, 4) is 21.9 Å². The number of phenols is 1. The second-order valence-electron chi connectivity index (χ2n) is 4.97. The van der Waals surface area contributed by atoms with E-state index in [0.717, 1.165) is 27.5 Å². The Hall–Kier alpha value is -2.86. The third kappa shape index (κ3) is 4.82. The lowest BCUT2D eigenvalue weighted by molar-refractivity contribution is -0.134. The van der Waals surface area contributed by atoms with Crippen LogP contribution in [0.15, 0.2) is 48.5 Å². The van der Waals surface area contributed by atoms with Crippen molar-refractivity contribution < 1.29 is 24.5 Å². The van der Waals surface area contributed by atoms with Gasteiger partial charge in [-0.3, -0.25) is 9.59 Å². The minimum atomic E-state index is -0.833. The predicted molar refractivity (Wildman–Crippen MR) is 93.5 cm³/mol. The Morgan fingerprint density at radius 2 is 1.62 bits per heavy atom. The quantitative estimate of drug-likeness (QED) is 0.535. The molecule has 2 N–H and O–H groups in total. The van der Waals surface area contributed by atoms with E-state index in [9.17, 15) is 9.90 Å². The van der Waals surface area contributed by atoms with Gasteiger partial charge in [0, 0.05) is 23.4 Å². The molecule has 124 valence electrons. The van der Waals surface area contributed by atoms with Crippen molar-refractivity contribution in [2.75, 3.05) is 0 Å². The number of carboxylic acids is 1. The maximum absolute atomic E-state index is 10.9. The van der Waals surface area contributed by atoms with Crippen LogP contribution in [0, 0.1) is 0 Å². The van der Waals surface area contributed by atoms with Crippen LogP contribution in [0.3, 0.4) is 0 Å². The SMILES string of the molecule is CC(=O)O.CC(=O)Oc1ccc(-c2cc3ccc(O)cc3s2)cc1. The molecule has 5 nitrogen and oxygen atoms in total. The lowest BCUT2D eigenvalue weighted by atomic mass is 10.1. The fourth-order valence-corrected chi connectivity index (χ4v) is 3.12. The van der Waals surface area contributed by atoms with Crippen molar-refractivity contribution in [1.29, 1.82) is 0 Å². The van der Waals surface area contributed by atoms with Gasteiger partial charge in [-0.2, -0.15) is 0 Å². The summed E-state index contributed by atoms with van der Waals surface area (Å²) in [7, 11) is 0. The van der Waals surface area contributed by atoms with E-state index in [2.05, 4.69) is 6.07 Å². The third-order valence-electron chi connectivity index (χ3n) is 2.90. The topological polar surface area (TPSA) is 83.8 Å². The van der Waals surface area contributed by atoms with Gasteiger partial charge in [-0.1, -0.05) is 0 Å². The largest absolute Gasteiger partial charge is 0.508 e. The molecule has 0 bridgehead atoms. The van der Waals surface area contributed by atoms with Gasteiger partial charge in [0.05, 0.1) is 0 Å². The second-order valence-corrected chi connectivity index (χ2v) is 6.05. The monoisotopic (exact) mass is 344 g/mol. The predicted octanol–water partition coefficient (Wildman–Crippen LogP) is 4.29. The van der Waals surface area contributed by atoms with Crippen molar-refractivity contribution in [2.24, 2.45) is 0 Å². The fraction of sp³-hybridized carbons (Fsp3) is 0.111. The Morgan fingerprint density at radius 3 is 2.21 bits per heavy atom. The van der Waals surface area contributed by atoms with Gasteiger partial charge in [0.25, 0.3) is 5.97 Å². The first kappa shape index (κ1) is 17.5. The minimum absolute atomic E-state index is 0.274. The zero-order valence-corrected chi connectivity index (χ0v) is 14.0. The van der Waals surface area contributed by atoms with Crippen LogP contribution in [-0.2, 0) is 9.59 Å². The number of fused-ring (bicyclic) bond motifs is 1. The minimum Gasteiger partial charge on any atom is -0.508 e. The summed E-state index contributed by atoms with van der Waals surface area (Å²) < 4.78 is 6.06. The van der Waals surface area contributed by atoms with Crippen LogP contribution in [-0.4, -0.2) is 22.2 Å². The molecular formula is C18H16O5S. The Kier molecular flexibility index (Phi) is 5.55. The number of rotatable bonds is 2. The summed E-state index contributed by atoms with van der Waals surface area (Å²) in [6, 6.07) is 14.8. The molecule has 1 aromatic heterocycles. The van der Waals surface area contributed by atoms with Crippen LogP contribution in [0.5, 0.6) is 11.5 Å². The molecule has 0 aliphatic carbocycles. The lowest BCUT2D eigenvalue weighted by Crippen LogP contribution is -2.00. The number of hydrogen-bond donors (Lipinski definition) is 2. The molecule has 0 aliphatic heterocycles. The number of phenolic OH excluding ortho intramolecular Hbond substituents is 1. The average molecular weight is 344 g/mol. The number of aromatic hydroxyl groups is 1. The van der Waals surface area contributed by atoms with Crippen LogP contribution in [0.2, 0.25) is 0 Å². The first-order valence-electron chi connectivity index (χ1n) is 7.06. The molecule has 24 heavy (non-hydrogen) atoms. The molecule has 3 rings (SSSR count). The van der Waals surface area contributed by atoms with E-state index in [1.54, 1.807) is 35.6 Å². The van der Waals surface area contributed by atoms with Crippen molar-refractivity contribution in [3.63, 3.8) is 0 Å². The van der Waals surface area contributed by atoms with Crippen LogP contribution in [0.1, 0.15) is 13.8 Å². The number of esters is 1. The summed E-state index contributed by atoms with van der Waals surface area (Å²) in [5, 5.41) is 18.0. The molecule has 2 aromatic carbocycles. The van der Waals surface area contributed by atoms with Gasteiger partial charge < -0.3 is 14.9 Å². The van der Waals surface area contributed by atoms with E-state index in [0.29, 0.717) is 5.75 Å². The highest BCUT2D eigenvalue weighted by molar-refractivity contribution is 7.22. The fourth-order valence-electron chi connectivity index (χ4n) is 2.02. The molecule has 0 unspecified atom stereocenters. The first-order valence-corrected chi connectivity index (χ1v) is 7.88. The van der Waals surface area contributed by atoms with Crippen molar-refractivity contribution >= 4 is 33.4 Å². The normalized spacial score (nSPS) is 9.92. The van der Waals surface area contributed by atoms with Crippen molar-refractivity contribution in [2.45, 2.75) is 13.8 Å². The number of thiophene rings is 1. The first-order chi connectivity index (χ1) is 11.3. The van der Waals surface area contributed by atoms with Gasteiger partial charge >= 0.3 is 5.97 Å². The Morgan fingerprint density at radius 1 is 1.00 bits per heavy atom. The van der Waals surface area contributed by atoms with E-state index in [4.69, 9.17) is 14.6 Å². The number of carbonyl (C=O) groups is 2. The maximum Gasteiger partial charge on any atom is 0.308 e. The number of ether oxygens (including phenoxy) is 1. The van der Waals surface area contributed by atoms with E-state index < -0.39 is 5.97 Å². The molecule has 0 saturated carbocycles.